The van der Waals surface area contributed by atoms with E-state index in [0.717, 1.165) is 10.6 Å². The summed E-state index contributed by atoms with van der Waals surface area (Å²) in [5.41, 5.74) is 7.95. The molecule has 0 spiro atoms. The lowest BCUT2D eigenvalue weighted by molar-refractivity contribution is -0.147. The first kappa shape index (κ1) is 20.7. The summed E-state index contributed by atoms with van der Waals surface area (Å²) in [6, 6.07) is 12.8. The maximum atomic E-state index is 12.1. The number of benzene rings is 1. The molecule has 6 nitrogen and oxygen atoms in total. The zero-order valence-corrected chi connectivity index (χ0v) is 16.6. The fraction of sp³-hybridized carbons (Fsp3) is 0.211. The van der Waals surface area contributed by atoms with Crippen LogP contribution in [0.25, 0.3) is 0 Å². The van der Waals surface area contributed by atoms with Crippen molar-refractivity contribution in [3.8, 4) is 0 Å². The van der Waals surface area contributed by atoms with E-state index in [1.165, 1.54) is 11.3 Å². The molecular weight excluding hydrogens is 386 g/mol. The van der Waals surface area contributed by atoms with Crippen LogP contribution in [-0.2, 0) is 20.7 Å². The molecule has 0 saturated carbocycles. The number of halogens is 1. The summed E-state index contributed by atoms with van der Waals surface area (Å²) in [6.45, 7) is 2.99. The smallest absolute Gasteiger partial charge is 0.311 e. The molecule has 1 heterocycles. The molecule has 0 atom stereocenters. The molecule has 0 fully saturated rings. The van der Waals surface area contributed by atoms with Crippen molar-refractivity contribution in [3.63, 3.8) is 0 Å². The van der Waals surface area contributed by atoms with Gasteiger partial charge in [0.25, 0.3) is 5.91 Å². The molecule has 1 aromatic carbocycles. The minimum Gasteiger partial charge on any atom is -0.455 e. The molecule has 1 amide bonds. The largest absolute Gasteiger partial charge is 0.455 e. The lowest BCUT2D eigenvalue weighted by atomic mass is 10.2. The molecule has 0 aliphatic rings. The highest BCUT2D eigenvalue weighted by Crippen LogP contribution is 2.21. The molecule has 0 unspecified atom stereocenters. The Morgan fingerprint density at radius 3 is 2.48 bits per heavy atom. The van der Waals surface area contributed by atoms with Gasteiger partial charge < -0.3 is 15.8 Å². The number of esters is 1. The second-order valence-electron chi connectivity index (χ2n) is 5.68. The molecule has 0 bridgehead atoms. The minimum atomic E-state index is -0.506. The van der Waals surface area contributed by atoms with Gasteiger partial charge in [-0.05, 0) is 38.1 Å². The molecule has 0 saturated heterocycles. The highest BCUT2D eigenvalue weighted by atomic mass is 35.5. The number of carbonyl (C=O) groups is 2. The number of carbonyl (C=O) groups excluding carboxylic acids is 2. The molecule has 8 heteroatoms. The van der Waals surface area contributed by atoms with E-state index >= 15 is 0 Å². The predicted octanol–water partition coefficient (Wildman–Crippen LogP) is 3.59. The fourth-order valence-corrected chi connectivity index (χ4v) is 3.26. The molecule has 1 aromatic heterocycles. The number of amides is 1. The Kier molecular flexibility index (Phi) is 7.57. The van der Waals surface area contributed by atoms with Gasteiger partial charge in [0.15, 0.2) is 6.61 Å². The minimum absolute atomic E-state index is 0.0672. The Bertz CT molecular complexity index is 871. The number of thiophene rings is 1. The Morgan fingerprint density at radius 1 is 1.19 bits per heavy atom. The number of allylic oxidation sites excluding steroid dienone is 2. The van der Waals surface area contributed by atoms with Crippen LogP contribution in [0.5, 0.6) is 0 Å². The van der Waals surface area contributed by atoms with Crippen LogP contribution >= 0.6 is 22.9 Å². The third-order valence-corrected chi connectivity index (χ3v) is 4.62. The number of nitrogens with one attached hydrogen (secondary N) is 1. The molecule has 0 aliphatic heterocycles. The van der Waals surface area contributed by atoms with Gasteiger partial charge in [0.05, 0.1) is 27.9 Å². The lowest BCUT2D eigenvalue weighted by Crippen LogP contribution is -2.32. The standard InChI is InChI=1S/C19H20ClN3O3S/c1-12(21)19(13(2)22-14-6-4-3-5-7-14)23-17(24)11-26-18(25)10-15-8-9-16(20)27-15/h3-9H,10-11,21H2,1-2H3,(H,23,24). The Balaban J connectivity index is 1.92. The SMILES string of the molecule is CC(=Nc1ccccc1)C(NC(=O)COC(=O)Cc1ccc(Cl)s1)=C(C)N. The molecule has 2 rings (SSSR count). The number of nitrogens with two attached hydrogens (primary N) is 1. The van der Waals surface area contributed by atoms with E-state index in [1.807, 2.05) is 30.3 Å². The molecular formula is C19H20ClN3O3S. The van der Waals surface area contributed by atoms with Crippen LogP contribution in [0.15, 0.2) is 58.9 Å². The second kappa shape index (κ2) is 9.89. The fourth-order valence-electron chi connectivity index (χ4n) is 2.19. The third-order valence-electron chi connectivity index (χ3n) is 3.39. The van der Waals surface area contributed by atoms with Crippen molar-refractivity contribution >= 4 is 46.2 Å². The zero-order valence-electron chi connectivity index (χ0n) is 15.0. The maximum absolute atomic E-state index is 12.1. The van der Waals surface area contributed by atoms with Gasteiger partial charge in [-0.3, -0.25) is 14.6 Å². The van der Waals surface area contributed by atoms with Crippen LogP contribution in [0.1, 0.15) is 18.7 Å². The first-order chi connectivity index (χ1) is 12.8. The highest BCUT2D eigenvalue weighted by Gasteiger charge is 2.13. The van der Waals surface area contributed by atoms with Gasteiger partial charge in [-0.15, -0.1) is 11.3 Å². The van der Waals surface area contributed by atoms with Crippen LogP contribution in [0, 0.1) is 0 Å². The van der Waals surface area contributed by atoms with Gasteiger partial charge in [-0.25, -0.2) is 0 Å². The van der Waals surface area contributed by atoms with Gasteiger partial charge in [0.2, 0.25) is 0 Å². The van der Waals surface area contributed by atoms with Crippen molar-refractivity contribution in [3.05, 3.63) is 63.1 Å². The molecule has 3 N–H and O–H groups in total. The number of aliphatic imine (C=N–C) groups is 1. The average Bonchev–Trinajstić information content (AvgIpc) is 3.03. The number of para-hydroxylation sites is 1. The van der Waals surface area contributed by atoms with Crippen molar-refractivity contribution in [1.82, 2.24) is 5.32 Å². The summed E-state index contributed by atoms with van der Waals surface area (Å²) in [6.07, 6.45) is 0.0672. The summed E-state index contributed by atoms with van der Waals surface area (Å²) in [5.74, 6) is -0.997. The van der Waals surface area contributed by atoms with E-state index in [1.54, 1.807) is 26.0 Å². The van der Waals surface area contributed by atoms with Crippen LogP contribution in [0.2, 0.25) is 4.34 Å². The van der Waals surface area contributed by atoms with Crippen molar-refractivity contribution in [1.29, 1.82) is 0 Å². The van der Waals surface area contributed by atoms with Gasteiger partial charge in [-0.2, -0.15) is 0 Å². The number of ether oxygens (including phenoxy) is 1. The van der Waals surface area contributed by atoms with Crippen LogP contribution in [0.4, 0.5) is 5.69 Å². The molecule has 142 valence electrons. The number of rotatable bonds is 7. The van der Waals surface area contributed by atoms with E-state index in [4.69, 9.17) is 22.1 Å². The molecule has 0 radical (unpaired) electrons. The summed E-state index contributed by atoms with van der Waals surface area (Å²) in [7, 11) is 0. The zero-order chi connectivity index (χ0) is 19.8. The summed E-state index contributed by atoms with van der Waals surface area (Å²) in [4.78, 5) is 29.2. The van der Waals surface area contributed by atoms with E-state index in [9.17, 15) is 9.59 Å². The first-order valence-corrected chi connectivity index (χ1v) is 9.31. The normalized spacial score (nSPS) is 12.3. The van der Waals surface area contributed by atoms with Crippen molar-refractivity contribution in [2.24, 2.45) is 10.7 Å². The Hall–Kier alpha value is -2.64. The van der Waals surface area contributed by atoms with Crippen LogP contribution < -0.4 is 11.1 Å². The maximum Gasteiger partial charge on any atom is 0.311 e. The van der Waals surface area contributed by atoms with E-state index in [0.29, 0.717) is 21.4 Å². The topological polar surface area (TPSA) is 93.8 Å². The van der Waals surface area contributed by atoms with Crippen molar-refractivity contribution < 1.29 is 14.3 Å². The third kappa shape index (κ3) is 6.88. The van der Waals surface area contributed by atoms with Crippen LogP contribution in [0.3, 0.4) is 0 Å². The summed E-state index contributed by atoms with van der Waals surface area (Å²) in [5, 5.41) is 2.65. The van der Waals surface area contributed by atoms with Gasteiger partial charge in [0, 0.05) is 10.6 Å². The molecule has 2 aromatic rings. The average molecular weight is 406 g/mol. The number of hydrogen-bond donors (Lipinski definition) is 2. The second-order valence-corrected chi connectivity index (χ2v) is 7.48. The highest BCUT2D eigenvalue weighted by molar-refractivity contribution is 7.16. The number of nitrogens with zero attached hydrogens (tertiary/aromatic N) is 1. The summed E-state index contributed by atoms with van der Waals surface area (Å²) >= 11 is 7.11. The van der Waals surface area contributed by atoms with Crippen LogP contribution in [-0.4, -0.2) is 24.2 Å². The summed E-state index contributed by atoms with van der Waals surface area (Å²) < 4.78 is 5.60. The molecule has 0 aliphatic carbocycles. The van der Waals surface area contributed by atoms with E-state index in [-0.39, 0.29) is 6.42 Å². The lowest BCUT2D eigenvalue weighted by Gasteiger charge is -2.12. The van der Waals surface area contributed by atoms with Gasteiger partial charge in [0.1, 0.15) is 0 Å². The first-order valence-electron chi connectivity index (χ1n) is 8.12. The molecule has 27 heavy (non-hydrogen) atoms. The number of hydrogen-bond acceptors (Lipinski definition) is 6. The van der Waals surface area contributed by atoms with Gasteiger partial charge in [-0.1, -0.05) is 29.8 Å². The Labute approximate surface area is 166 Å². The quantitative estimate of drug-likeness (QED) is 0.543. The van der Waals surface area contributed by atoms with Crippen molar-refractivity contribution in [2.75, 3.05) is 6.61 Å². The van der Waals surface area contributed by atoms with E-state index < -0.39 is 18.5 Å². The van der Waals surface area contributed by atoms with Gasteiger partial charge >= 0.3 is 5.97 Å². The predicted molar refractivity (Wildman–Crippen MR) is 108 cm³/mol. The monoisotopic (exact) mass is 405 g/mol. The van der Waals surface area contributed by atoms with E-state index in [2.05, 4.69) is 10.3 Å². The van der Waals surface area contributed by atoms with Crippen molar-refractivity contribution in [2.45, 2.75) is 20.3 Å². The Morgan fingerprint density at radius 2 is 1.89 bits per heavy atom.